The van der Waals surface area contributed by atoms with Crippen molar-refractivity contribution < 1.29 is 84.5 Å². The molecule has 0 saturated carbocycles. The summed E-state index contributed by atoms with van der Waals surface area (Å²) < 4.78 is 71.4. The summed E-state index contributed by atoms with van der Waals surface area (Å²) in [6, 6.07) is 11.7. The molecule has 3 aliphatic rings. The Kier molecular flexibility index (Phi) is 25.7. The minimum atomic E-state index is -5.83. The zero-order chi connectivity index (χ0) is 62.6. The van der Waals surface area contributed by atoms with E-state index in [4.69, 9.17) is 38.5 Å². The number of carbonyl (C=O) groups is 3. The number of benzene rings is 3. The van der Waals surface area contributed by atoms with Gasteiger partial charge in [-0.3, -0.25) is 28.7 Å². The van der Waals surface area contributed by atoms with Gasteiger partial charge in [-0.05, 0) is 106 Å². The number of fused-ring (bicyclic) bond motifs is 2. The number of urea groups is 1. The SMILES string of the molecule is CCN=c1cc2oc3cc(NCC)c(C)cc3c(-c3cc(C(=O)NCCSSCOCCCCCNC(=O)NCC#Cc4cn([C@H]5C[C@H](/C=C/OCN=[N+]=[N-])[C@@H](COP(=O)(O)OP(=O)(O)OP(=O)(O)O)O5)c(=O)[nH]c4=O)ccc3C(=O)O)c-2cc1C. The molecule has 1 fully saturated rings. The normalized spacial score (nSPS) is 16.7. The molecule has 3 amide bonds. The maximum Gasteiger partial charge on any atom is 0.490 e. The van der Waals surface area contributed by atoms with Crippen molar-refractivity contribution in [1.29, 1.82) is 0 Å². The Labute approximate surface area is 498 Å². The van der Waals surface area contributed by atoms with E-state index >= 15 is 0 Å². The van der Waals surface area contributed by atoms with Crippen LogP contribution in [0.15, 0.2) is 85.1 Å². The summed E-state index contributed by atoms with van der Waals surface area (Å²) in [4.78, 5) is 111. The lowest BCUT2D eigenvalue weighted by Gasteiger charge is -2.20. The number of aromatic carboxylic acids is 1. The van der Waals surface area contributed by atoms with Gasteiger partial charge in [-0.1, -0.05) is 38.5 Å². The Morgan fingerprint density at radius 3 is 2.48 bits per heavy atom. The number of aryl methyl sites for hydroxylation is 2. The molecule has 6 rings (SSSR count). The Morgan fingerprint density at radius 2 is 1.74 bits per heavy atom. The van der Waals surface area contributed by atoms with E-state index in [1.807, 2.05) is 52.0 Å². The number of carbonyl (C=O) groups excluding carboxylic acids is 2. The molecule has 30 nitrogen and oxygen atoms in total. The van der Waals surface area contributed by atoms with Gasteiger partial charge in [0.05, 0.1) is 36.4 Å². The number of aromatic nitrogens is 2. The number of hydrogen-bond acceptors (Lipinski definition) is 20. The number of carboxylic acid groups (broad SMARTS) is 1. The minimum absolute atomic E-state index is 0.0362. The Hall–Kier alpha value is -6.74. The molecular weight excluding hydrogens is 1230 g/mol. The molecule has 1 saturated heterocycles. The van der Waals surface area contributed by atoms with Gasteiger partial charge in [-0.2, -0.15) is 8.62 Å². The summed E-state index contributed by atoms with van der Waals surface area (Å²) in [5.74, 6) is 4.36. The second kappa shape index (κ2) is 32.3. The summed E-state index contributed by atoms with van der Waals surface area (Å²) in [6.07, 6.45) is 3.07. The first-order chi connectivity index (χ1) is 40.9. The number of nitrogens with one attached hydrogen (secondary N) is 5. The van der Waals surface area contributed by atoms with E-state index in [2.05, 4.69) is 61.7 Å². The number of aromatic amines is 1. The predicted molar refractivity (Wildman–Crippen MR) is 318 cm³/mol. The van der Waals surface area contributed by atoms with Crippen molar-refractivity contribution in [3.63, 3.8) is 0 Å². The highest BCUT2D eigenvalue weighted by molar-refractivity contribution is 8.76. The lowest BCUT2D eigenvalue weighted by molar-refractivity contribution is -0.0292. The van der Waals surface area contributed by atoms with Crippen LogP contribution in [0, 0.1) is 31.6 Å². The molecule has 464 valence electrons. The van der Waals surface area contributed by atoms with E-state index in [1.165, 1.54) is 39.8 Å². The van der Waals surface area contributed by atoms with Gasteiger partial charge in [0, 0.05) is 102 Å². The second-order valence-electron chi connectivity index (χ2n) is 18.5. The van der Waals surface area contributed by atoms with Crippen LogP contribution in [0.4, 0.5) is 10.5 Å². The molecule has 0 radical (unpaired) electrons. The van der Waals surface area contributed by atoms with Crippen LogP contribution >= 0.6 is 45.1 Å². The van der Waals surface area contributed by atoms with Crippen LogP contribution in [0.25, 0.3) is 43.9 Å². The molecule has 86 heavy (non-hydrogen) atoms. The molecule has 1 aromatic heterocycles. The van der Waals surface area contributed by atoms with E-state index in [1.54, 1.807) is 6.07 Å². The summed E-state index contributed by atoms with van der Waals surface area (Å²) >= 11 is 0. The van der Waals surface area contributed by atoms with E-state index in [0.29, 0.717) is 89.9 Å². The zero-order valence-electron chi connectivity index (χ0n) is 46.7. The van der Waals surface area contributed by atoms with Gasteiger partial charge in [0.25, 0.3) is 11.5 Å². The van der Waals surface area contributed by atoms with Gasteiger partial charge in [-0.15, -0.1) is 0 Å². The first-order valence-electron chi connectivity index (χ1n) is 26.3. The standard InChI is InChI=1S/C51H63N10O20P3S2/c1-5-53-40-25-42-38(21-31(40)3)46(39-22-32(4)41(54-6-2)26-43(39)78-42)37-23-34(12-13-36(37)49(64)65)47(62)55-17-20-85-86-30-76-18-9-7-8-15-56-50(66)57-16-10-11-35-27-61(51(67)59-48(35)63)45-24-33(14-19-75-29-58-60-52)44(79-45)28-77-83(71,72)81-84(73,74)80-82(68,69)70/h12-14,19,21-23,25-27,33,44-45,53H,5-9,15-18,20,24,28-30H2,1-4H3,(H,55,62)(H,64,65)(H,71,72)(H,73,74)(H2,56,57,66)(H,59,63,67)(H2,68,69,70)/b19-14+,54-41?/t33-,44+,45+/m0/s1. The molecule has 1 aliphatic carbocycles. The van der Waals surface area contributed by atoms with Crippen molar-refractivity contribution in [1.82, 2.24) is 25.5 Å². The quantitative estimate of drug-likeness (QED) is 0.00198. The van der Waals surface area contributed by atoms with Gasteiger partial charge in [-0.25, -0.2) is 28.1 Å². The fraction of sp³-hybridized carbons (Fsp3) is 0.412. The number of amides is 3. The van der Waals surface area contributed by atoms with Crippen LogP contribution < -0.4 is 37.9 Å². The Bertz CT molecular complexity index is 3730. The molecule has 0 spiro atoms. The summed E-state index contributed by atoms with van der Waals surface area (Å²) in [6.45, 7) is 8.75. The number of anilines is 1. The first-order valence-corrected chi connectivity index (χ1v) is 33.3. The number of unbranched alkanes of at least 4 members (excludes halogenated alkanes) is 2. The third kappa shape index (κ3) is 20.4. The van der Waals surface area contributed by atoms with Gasteiger partial charge < -0.3 is 64.6 Å². The van der Waals surface area contributed by atoms with Gasteiger partial charge in [0.15, 0.2) is 6.73 Å². The largest absolute Gasteiger partial charge is 0.495 e. The number of carboxylic acids is 1. The molecule has 35 heteroatoms. The minimum Gasteiger partial charge on any atom is -0.495 e. The Balaban J connectivity index is 0.905. The highest BCUT2D eigenvalue weighted by Gasteiger charge is 2.43. The fourth-order valence-corrected chi connectivity index (χ4v) is 13.2. The third-order valence-corrected chi connectivity index (χ3v) is 18.2. The van der Waals surface area contributed by atoms with Crippen molar-refractivity contribution in [2.24, 2.45) is 16.0 Å². The molecule has 10 N–H and O–H groups in total. The molecule has 0 bridgehead atoms. The topological polar surface area (TPSA) is 436 Å². The molecule has 2 aromatic carbocycles. The monoisotopic (exact) mass is 1290 g/mol. The molecular formula is C51H63N10O20P3S2. The predicted octanol–water partition coefficient (Wildman–Crippen LogP) is 7.37. The molecule has 5 atom stereocenters. The van der Waals surface area contributed by atoms with E-state index < -0.39 is 78.3 Å². The highest BCUT2D eigenvalue weighted by Crippen LogP contribution is 2.66. The lowest BCUT2D eigenvalue weighted by atomic mass is 9.88. The van der Waals surface area contributed by atoms with E-state index in [-0.39, 0.29) is 30.0 Å². The van der Waals surface area contributed by atoms with E-state index in [9.17, 15) is 52.6 Å². The maximum absolute atomic E-state index is 13.6. The molecule has 2 unspecified atom stereocenters. The smallest absolute Gasteiger partial charge is 0.490 e. The number of H-pyrrole nitrogens is 1. The van der Waals surface area contributed by atoms with Crippen LogP contribution in [0.3, 0.4) is 0 Å². The lowest BCUT2D eigenvalue weighted by Crippen LogP contribution is -2.36. The van der Waals surface area contributed by atoms with Crippen molar-refractivity contribution in [2.75, 3.05) is 69.7 Å². The third-order valence-electron chi connectivity index (χ3n) is 12.4. The van der Waals surface area contributed by atoms with Crippen LogP contribution in [0.5, 0.6) is 0 Å². The van der Waals surface area contributed by atoms with Crippen molar-refractivity contribution in [3.05, 3.63) is 125 Å². The van der Waals surface area contributed by atoms with Crippen molar-refractivity contribution in [3.8, 4) is 34.3 Å². The van der Waals surface area contributed by atoms with Crippen LogP contribution in [0.2, 0.25) is 0 Å². The van der Waals surface area contributed by atoms with Gasteiger partial charge in [0.1, 0.15) is 29.1 Å². The fourth-order valence-electron chi connectivity index (χ4n) is 8.61. The number of azide groups is 1. The number of ether oxygens (including phenoxy) is 3. The van der Waals surface area contributed by atoms with Crippen LogP contribution in [0.1, 0.15) is 83.2 Å². The average molecular weight is 1290 g/mol. The van der Waals surface area contributed by atoms with Crippen LogP contribution in [-0.4, -0.2) is 123 Å². The van der Waals surface area contributed by atoms with Gasteiger partial charge >= 0.3 is 41.2 Å². The van der Waals surface area contributed by atoms with Gasteiger partial charge in [0.2, 0.25) is 0 Å². The Morgan fingerprint density at radius 1 is 0.953 bits per heavy atom. The highest BCUT2D eigenvalue weighted by atomic mass is 33.1. The first kappa shape index (κ1) is 68.4. The summed E-state index contributed by atoms with van der Waals surface area (Å²) in [5.41, 5.74) is 11.7. The molecule has 3 aromatic rings. The van der Waals surface area contributed by atoms with E-state index in [0.717, 1.165) is 52.0 Å². The number of phosphoric acid groups is 3. The number of rotatable bonds is 31. The molecule has 2 aliphatic heterocycles. The average Bonchev–Trinajstić information content (AvgIpc) is 0.948. The maximum atomic E-state index is 13.6. The number of phosphoric ester groups is 1. The number of hydrogen-bond donors (Lipinski definition) is 10. The van der Waals surface area contributed by atoms with Crippen molar-refractivity contribution in [2.45, 2.75) is 65.7 Å². The number of nitrogens with zero attached hydrogens (tertiary/aromatic N) is 5. The zero-order valence-corrected chi connectivity index (χ0v) is 51.0. The molecule has 3 heterocycles. The van der Waals surface area contributed by atoms with Crippen LogP contribution in [-0.2, 0) is 41.1 Å². The summed E-state index contributed by atoms with van der Waals surface area (Å²) in [7, 11) is -14.1. The second-order valence-corrected chi connectivity index (χ2v) is 25.5. The van der Waals surface area contributed by atoms with Crippen molar-refractivity contribution >= 4 is 79.6 Å². The summed E-state index contributed by atoms with van der Waals surface area (Å²) in [5, 5.41) is 26.6.